The van der Waals surface area contributed by atoms with Gasteiger partial charge in [-0.1, -0.05) is 96.7 Å². The molecular weight excluding hydrogens is 208 g/mol. The highest BCUT2D eigenvalue weighted by Crippen LogP contribution is 2.37. The number of hydrogen-bond acceptors (Lipinski definition) is 0. The van der Waals surface area contributed by atoms with Crippen molar-refractivity contribution in [2.45, 2.75) is 96.7 Å². The van der Waals surface area contributed by atoms with Crippen LogP contribution in [-0.4, -0.2) is 8.80 Å². The predicted octanol–water partition coefficient (Wildman–Crippen LogP) is 5.78. The molecule has 0 rings (SSSR count). The Morgan fingerprint density at radius 1 is 0.625 bits per heavy atom. The van der Waals surface area contributed by atoms with Gasteiger partial charge in [-0.2, -0.15) is 0 Å². The molecule has 0 aliphatic rings. The zero-order valence-electron chi connectivity index (χ0n) is 12.6. The maximum atomic E-state index is 2.54. The van der Waals surface area contributed by atoms with Crippen LogP contribution in [0.3, 0.4) is 0 Å². The Bertz CT molecular complexity index is 127. The van der Waals surface area contributed by atoms with Crippen LogP contribution in [0.5, 0.6) is 0 Å². The first kappa shape index (κ1) is 16.2. The zero-order valence-corrected chi connectivity index (χ0v) is 13.7. The molecule has 0 aliphatic carbocycles. The van der Waals surface area contributed by atoms with Crippen molar-refractivity contribution in [1.82, 2.24) is 0 Å². The Hall–Kier alpha value is 0.217. The minimum atomic E-state index is -0.569. The third kappa shape index (κ3) is 5.52. The van der Waals surface area contributed by atoms with E-state index in [9.17, 15) is 0 Å². The van der Waals surface area contributed by atoms with E-state index in [0.717, 1.165) is 16.6 Å². The predicted molar refractivity (Wildman–Crippen MR) is 80.1 cm³/mol. The lowest BCUT2D eigenvalue weighted by Gasteiger charge is -2.33. The van der Waals surface area contributed by atoms with E-state index >= 15 is 0 Å². The average molecular weight is 243 g/mol. The molecule has 0 aromatic heterocycles. The molecule has 0 saturated carbocycles. The Morgan fingerprint density at radius 2 is 0.875 bits per heavy atom. The fourth-order valence-electron chi connectivity index (χ4n) is 3.63. The first-order valence-corrected chi connectivity index (χ1v) is 9.58. The number of rotatable bonds is 9. The summed E-state index contributed by atoms with van der Waals surface area (Å²) in [4.78, 5) is 0. The van der Waals surface area contributed by atoms with Crippen LogP contribution in [0, 0.1) is 0 Å². The van der Waals surface area contributed by atoms with Gasteiger partial charge in [0, 0.05) is 8.80 Å². The van der Waals surface area contributed by atoms with E-state index in [1.165, 1.54) is 38.5 Å². The summed E-state index contributed by atoms with van der Waals surface area (Å²) in [6, 6.07) is 0. The van der Waals surface area contributed by atoms with E-state index in [1.807, 2.05) is 0 Å². The quantitative estimate of drug-likeness (QED) is 0.449. The van der Waals surface area contributed by atoms with Crippen LogP contribution in [0.15, 0.2) is 0 Å². The lowest BCUT2D eigenvalue weighted by atomic mass is 10.2. The molecule has 3 atom stereocenters. The highest BCUT2D eigenvalue weighted by atomic mass is 28.3. The van der Waals surface area contributed by atoms with Crippen LogP contribution in [0.25, 0.3) is 0 Å². The lowest BCUT2D eigenvalue weighted by molar-refractivity contribution is 0.651. The van der Waals surface area contributed by atoms with Gasteiger partial charge in [-0.15, -0.1) is 0 Å². The fourth-order valence-corrected chi connectivity index (χ4v) is 9.15. The van der Waals surface area contributed by atoms with Crippen molar-refractivity contribution < 1.29 is 0 Å². The summed E-state index contributed by atoms with van der Waals surface area (Å²) >= 11 is 0. The van der Waals surface area contributed by atoms with Crippen LogP contribution >= 0.6 is 0 Å². The normalized spacial score (nSPS) is 19.1. The third-order valence-electron chi connectivity index (χ3n) is 4.20. The number of hydrogen-bond donors (Lipinski definition) is 0. The molecule has 0 aromatic carbocycles. The zero-order chi connectivity index (χ0) is 12.6. The molecule has 0 fully saturated rings. The minimum absolute atomic E-state index is 0.569. The van der Waals surface area contributed by atoms with Gasteiger partial charge in [0.05, 0.1) is 0 Å². The van der Waals surface area contributed by atoms with Gasteiger partial charge in [0.25, 0.3) is 0 Å². The van der Waals surface area contributed by atoms with Crippen LogP contribution < -0.4 is 0 Å². The van der Waals surface area contributed by atoms with Crippen molar-refractivity contribution in [3.63, 3.8) is 0 Å². The molecule has 0 bridgehead atoms. The molecular formula is C15H34Si. The summed E-state index contributed by atoms with van der Waals surface area (Å²) in [7, 11) is -0.569. The van der Waals surface area contributed by atoms with Gasteiger partial charge >= 0.3 is 0 Å². The van der Waals surface area contributed by atoms with E-state index in [4.69, 9.17) is 0 Å². The highest BCUT2D eigenvalue weighted by Gasteiger charge is 2.28. The molecule has 0 saturated heterocycles. The Kier molecular flexibility index (Phi) is 9.39. The molecule has 0 nitrogen and oxygen atoms in total. The first-order chi connectivity index (χ1) is 7.58. The summed E-state index contributed by atoms with van der Waals surface area (Å²) in [6.07, 6.45) is 8.55. The third-order valence-corrected chi connectivity index (χ3v) is 9.15. The summed E-state index contributed by atoms with van der Waals surface area (Å²) in [5.41, 5.74) is 3.15. The van der Waals surface area contributed by atoms with Gasteiger partial charge in [0.1, 0.15) is 0 Å². The minimum Gasteiger partial charge on any atom is -0.0654 e. The van der Waals surface area contributed by atoms with Crippen LogP contribution in [-0.2, 0) is 0 Å². The second-order valence-corrected chi connectivity index (χ2v) is 10.4. The summed E-state index contributed by atoms with van der Waals surface area (Å²) in [5.74, 6) is 0. The van der Waals surface area contributed by atoms with Crippen molar-refractivity contribution in [1.29, 1.82) is 0 Å². The molecule has 0 aromatic rings. The van der Waals surface area contributed by atoms with Gasteiger partial charge in [-0.3, -0.25) is 0 Å². The molecule has 0 radical (unpaired) electrons. The summed E-state index contributed by atoms with van der Waals surface area (Å²) < 4.78 is 0. The Balaban J connectivity index is 4.47. The molecule has 1 heteroatoms. The monoisotopic (exact) mass is 242 g/mol. The van der Waals surface area contributed by atoms with Crippen molar-refractivity contribution >= 4 is 8.80 Å². The van der Waals surface area contributed by atoms with Gasteiger partial charge in [0.2, 0.25) is 0 Å². The molecule has 98 valence electrons. The maximum Gasteiger partial charge on any atom is 0.0453 e. The van der Waals surface area contributed by atoms with Gasteiger partial charge in [0.15, 0.2) is 0 Å². The van der Waals surface area contributed by atoms with Gasteiger partial charge in [-0.05, 0) is 0 Å². The van der Waals surface area contributed by atoms with E-state index < -0.39 is 8.80 Å². The van der Waals surface area contributed by atoms with E-state index in [-0.39, 0.29) is 0 Å². The summed E-state index contributed by atoms with van der Waals surface area (Å²) in [6.45, 7) is 14.7. The summed E-state index contributed by atoms with van der Waals surface area (Å²) in [5, 5.41) is 0. The van der Waals surface area contributed by atoms with E-state index in [2.05, 4.69) is 41.5 Å². The molecule has 3 unspecified atom stereocenters. The van der Waals surface area contributed by atoms with Crippen molar-refractivity contribution in [3.05, 3.63) is 0 Å². The topological polar surface area (TPSA) is 0 Å². The Labute approximate surface area is 106 Å². The largest absolute Gasteiger partial charge is 0.0654 e. The van der Waals surface area contributed by atoms with Crippen LogP contribution in [0.4, 0.5) is 0 Å². The molecule has 0 amide bonds. The Morgan fingerprint density at radius 3 is 1.06 bits per heavy atom. The van der Waals surface area contributed by atoms with Crippen molar-refractivity contribution in [2.24, 2.45) is 0 Å². The molecule has 16 heavy (non-hydrogen) atoms. The highest BCUT2D eigenvalue weighted by molar-refractivity contribution is 6.63. The standard InChI is InChI=1S/C15H34Si/c1-7-10-13(4)16(14(5)11-8-2)15(6)12-9-3/h13-16H,7-12H2,1-6H3. The van der Waals surface area contributed by atoms with Crippen molar-refractivity contribution in [2.75, 3.05) is 0 Å². The van der Waals surface area contributed by atoms with Crippen LogP contribution in [0.2, 0.25) is 16.6 Å². The van der Waals surface area contributed by atoms with Gasteiger partial charge in [-0.25, -0.2) is 0 Å². The first-order valence-electron chi connectivity index (χ1n) is 7.58. The SMILES string of the molecule is CCCC(C)[SiH](C(C)CCC)C(C)CCC. The molecule has 0 aliphatic heterocycles. The molecule has 0 heterocycles. The molecule has 0 spiro atoms. The lowest BCUT2D eigenvalue weighted by Crippen LogP contribution is -2.29. The molecule has 0 N–H and O–H groups in total. The van der Waals surface area contributed by atoms with Crippen LogP contribution in [0.1, 0.15) is 80.1 Å². The van der Waals surface area contributed by atoms with Gasteiger partial charge < -0.3 is 0 Å². The fraction of sp³-hybridized carbons (Fsp3) is 1.00. The second kappa shape index (κ2) is 9.27. The van der Waals surface area contributed by atoms with Crippen molar-refractivity contribution in [3.8, 4) is 0 Å². The average Bonchev–Trinajstić information content (AvgIpc) is 2.19. The second-order valence-electron chi connectivity index (χ2n) is 5.88. The van der Waals surface area contributed by atoms with E-state index in [0.29, 0.717) is 0 Å². The smallest absolute Gasteiger partial charge is 0.0453 e. The van der Waals surface area contributed by atoms with E-state index in [1.54, 1.807) is 0 Å². The maximum absolute atomic E-state index is 2.54.